The van der Waals surface area contributed by atoms with E-state index in [0.29, 0.717) is 23.9 Å². The highest BCUT2D eigenvalue weighted by Gasteiger charge is 2.44. The maximum absolute atomic E-state index is 13.3. The number of unbranched alkanes of at least 4 members (excludes halogenated alkanes) is 1. The van der Waals surface area contributed by atoms with E-state index >= 15 is 0 Å². The van der Waals surface area contributed by atoms with Gasteiger partial charge in [-0.1, -0.05) is 31.6 Å². The third kappa shape index (κ3) is 4.99. The van der Waals surface area contributed by atoms with Gasteiger partial charge in [0.25, 0.3) is 5.91 Å². The number of morpholine rings is 1. The second-order valence-electron chi connectivity index (χ2n) is 8.73. The maximum atomic E-state index is 13.3. The number of fused-ring (bicyclic) bond motifs is 1. The quantitative estimate of drug-likeness (QED) is 0.510. The molecule has 188 valence electrons. The van der Waals surface area contributed by atoms with Crippen molar-refractivity contribution in [3.8, 4) is 5.88 Å². The SMILES string of the molecule is CCC/C=C\CN1C(=O)C2=CN=C(Nc3ccc(N4CCOCC4)cc3)NC2N1c1cccc(O)n1. The van der Waals surface area contributed by atoms with Crippen LogP contribution in [0.5, 0.6) is 5.88 Å². The van der Waals surface area contributed by atoms with Crippen LogP contribution in [0.3, 0.4) is 0 Å². The van der Waals surface area contributed by atoms with E-state index in [1.54, 1.807) is 28.4 Å². The fourth-order valence-electron chi connectivity index (χ4n) is 4.41. The van der Waals surface area contributed by atoms with Crippen molar-refractivity contribution in [3.63, 3.8) is 0 Å². The van der Waals surface area contributed by atoms with Gasteiger partial charge in [-0.05, 0) is 36.8 Å². The van der Waals surface area contributed by atoms with Gasteiger partial charge >= 0.3 is 0 Å². The van der Waals surface area contributed by atoms with E-state index < -0.39 is 6.17 Å². The van der Waals surface area contributed by atoms with E-state index in [1.807, 2.05) is 18.2 Å². The van der Waals surface area contributed by atoms with Gasteiger partial charge in [0.2, 0.25) is 11.8 Å². The number of carbonyl (C=O) groups is 1. The minimum atomic E-state index is -0.515. The number of aromatic nitrogens is 1. The summed E-state index contributed by atoms with van der Waals surface area (Å²) in [7, 11) is 0. The number of hydrazine groups is 1. The molecule has 3 aliphatic rings. The van der Waals surface area contributed by atoms with Crippen LogP contribution in [-0.2, 0) is 9.53 Å². The van der Waals surface area contributed by atoms with E-state index in [-0.39, 0.29) is 11.8 Å². The van der Waals surface area contributed by atoms with Crippen LogP contribution in [0.1, 0.15) is 19.8 Å². The highest BCUT2D eigenvalue weighted by atomic mass is 16.5. The molecular weight excluding hydrogens is 458 g/mol. The summed E-state index contributed by atoms with van der Waals surface area (Å²) in [5, 5.41) is 20.0. The number of aromatic hydroxyl groups is 1. The number of anilines is 3. The zero-order valence-electron chi connectivity index (χ0n) is 20.3. The number of ether oxygens (including phenoxy) is 1. The molecule has 3 N–H and O–H groups in total. The van der Waals surface area contributed by atoms with Crippen molar-refractivity contribution in [1.82, 2.24) is 15.3 Å². The Balaban J connectivity index is 1.34. The molecule has 2 fully saturated rings. The third-order valence-electron chi connectivity index (χ3n) is 6.25. The number of benzene rings is 1. The van der Waals surface area contributed by atoms with Gasteiger partial charge in [0.05, 0.1) is 25.3 Å². The van der Waals surface area contributed by atoms with Crippen molar-refractivity contribution in [2.45, 2.75) is 25.9 Å². The zero-order chi connectivity index (χ0) is 24.9. The van der Waals surface area contributed by atoms with Crippen LogP contribution in [-0.4, -0.2) is 66.0 Å². The van der Waals surface area contributed by atoms with E-state index in [0.717, 1.165) is 50.5 Å². The first-order valence-electron chi connectivity index (χ1n) is 12.3. The number of carbonyl (C=O) groups excluding carboxylic acids is 1. The lowest BCUT2D eigenvalue weighted by atomic mass is 10.2. The molecule has 10 heteroatoms. The normalized spacial score (nSPS) is 19.8. The highest BCUT2D eigenvalue weighted by Crippen LogP contribution is 2.31. The minimum absolute atomic E-state index is 0.109. The molecule has 1 aromatic heterocycles. The fraction of sp³-hybridized carbons (Fsp3) is 0.346. The number of pyridine rings is 1. The van der Waals surface area contributed by atoms with Crippen LogP contribution in [0, 0.1) is 0 Å². The average molecular weight is 490 g/mol. The van der Waals surface area contributed by atoms with Crippen molar-refractivity contribution in [1.29, 1.82) is 0 Å². The Morgan fingerprint density at radius 3 is 2.72 bits per heavy atom. The summed E-state index contributed by atoms with van der Waals surface area (Å²) in [5.41, 5.74) is 2.54. The summed E-state index contributed by atoms with van der Waals surface area (Å²) >= 11 is 0. The Morgan fingerprint density at radius 2 is 1.97 bits per heavy atom. The molecule has 5 rings (SSSR count). The Hall–Kier alpha value is -4.05. The Labute approximate surface area is 210 Å². The number of nitrogens with one attached hydrogen (secondary N) is 2. The van der Waals surface area contributed by atoms with Crippen LogP contribution in [0.4, 0.5) is 17.2 Å². The lowest BCUT2D eigenvalue weighted by molar-refractivity contribution is -0.124. The van der Waals surface area contributed by atoms with Gasteiger partial charge < -0.3 is 25.4 Å². The highest BCUT2D eigenvalue weighted by molar-refractivity contribution is 6.04. The van der Waals surface area contributed by atoms with Gasteiger partial charge in [-0.2, -0.15) is 4.98 Å². The van der Waals surface area contributed by atoms with Crippen molar-refractivity contribution in [2.75, 3.05) is 48.1 Å². The summed E-state index contributed by atoms with van der Waals surface area (Å²) in [6.07, 6.45) is 7.10. The molecule has 1 aromatic carbocycles. The first-order valence-corrected chi connectivity index (χ1v) is 12.3. The van der Waals surface area contributed by atoms with E-state index in [4.69, 9.17) is 4.74 Å². The minimum Gasteiger partial charge on any atom is -0.493 e. The first-order chi connectivity index (χ1) is 17.6. The molecule has 10 nitrogen and oxygen atoms in total. The Bertz CT molecular complexity index is 1170. The number of nitrogens with zero attached hydrogens (tertiary/aromatic N) is 5. The summed E-state index contributed by atoms with van der Waals surface area (Å²) in [5.74, 6) is 0.715. The molecule has 2 saturated heterocycles. The molecule has 1 atom stereocenters. The Morgan fingerprint density at radius 1 is 1.17 bits per heavy atom. The van der Waals surface area contributed by atoms with E-state index in [9.17, 15) is 9.90 Å². The van der Waals surface area contributed by atoms with Crippen molar-refractivity contribution in [2.24, 2.45) is 4.99 Å². The molecular formula is C26H31N7O3. The number of rotatable bonds is 7. The van der Waals surface area contributed by atoms with Gasteiger partial charge in [0, 0.05) is 36.7 Å². The second kappa shape index (κ2) is 10.7. The topological polar surface area (TPSA) is 106 Å². The summed E-state index contributed by atoms with van der Waals surface area (Å²) in [4.78, 5) is 24.3. The van der Waals surface area contributed by atoms with E-state index in [2.05, 4.69) is 50.6 Å². The molecule has 0 radical (unpaired) electrons. The van der Waals surface area contributed by atoms with Crippen LogP contribution in [0.25, 0.3) is 0 Å². The lowest BCUT2D eigenvalue weighted by Crippen LogP contribution is -2.52. The summed E-state index contributed by atoms with van der Waals surface area (Å²) < 4.78 is 5.44. The van der Waals surface area contributed by atoms with Crippen LogP contribution < -0.4 is 20.5 Å². The molecule has 3 aliphatic heterocycles. The number of amides is 1. The van der Waals surface area contributed by atoms with Gasteiger partial charge in [0.15, 0.2) is 12.0 Å². The molecule has 36 heavy (non-hydrogen) atoms. The third-order valence-corrected chi connectivity index (χ3v) is 6.25. The lowest BCUT2D eigenvalue weighted by Gasteiger charge is -2.33. The first kappa shape index (κ1) is 23.7. The number of hydrogen-bond acceptors (Lipinski definition) is 9. The smallest absolute Gasteiger partial charge is 0.274 e. The average Bonchev–Trinajstić information content (AvgIpc) is 3.18. The second-order valence-corrected chi connectivity index (χ2v) is 8.73. The molecule has 1 unspecified atom stereocenters. The molecule has 0 bridgehead atoms. The van der Waals surface area contributed by atoms with Crippen molar-refractivity contribution < 1.29 is 14.6 Å². The maximum Gasteiger partial charge on any atom is 0.274 e. The van der Waals surface area contributed by atoms with E-state index in [1.165, 1.54) is 6.07 Å². The number of allylic oxidation sites excluding steroid dienone is 1. The van der Waals surface area contributed by atoms with Crippen LogP contribution in [0.15, 0.2) is 71.4 Å². The molecule has 1 amide bonds. The summed E-state index contributed by atoms with van der Waals surface area (Å²) in [6.45, 7) is 5.74. The predicted molar refractivity (Wildman–Crippen MR) is 140 cm³/mol. The summed E-state index contributed by atoms with van der Waals surface area (Å²) in [6, 6.07) is 13.1. The molecule has 4 heterocycles. The van der Waals surface area contributed by atoms with Crippen molar-refractivity contribution in [3.05, 3.63) is 66.4 Å². The fourth-order valence-corrected chi connectivity index (χ4v) is 4.41. The molecule has 0 aliphatic carbocycles. The standard InChI is InChI=1S/C26H31N7O3/c1-2-3-4-5-13-32-25(35)21-18-27-26(30-24(21)33(32)22-7-6-8-23(34)29-22)28-19-9-11-20(12-10-19)31-14-16-36-17-15-31/h4-12,18,24H,2-3,13-17H2,1H3,(H,29,34)(H2,27,28,30)/b5-4-. The number of aliphatic imine (C=N–C) groups is 1. The molecule has 2 aromatic rings. The van der Waals surface area contributed by atoms with Gasteiger partial charge in [0.1, 0.15) is 0 Å². The monoisotopic (exact) mass is 489 g/mol. The number of guanidine groups is 1. The van der Waals surface area contributed by atoms with Crippen molar-refractivity contribution >= 4 is 29.1 Å². The van der Waals surface area contributed by atoms with Crippen LogP contribution in [0.2, 0.25) is 0 Å². The molecule has 0 spiro atoms. The zero-order valence-corrected chi connectivity index (χ0v) is 20.3. The van der Waals surface area contributed by atoms with Gasteiger partial charge in [-0.25, -0.2) is 15.0 Å². The van der Waals surface area contributed by atoms with Gasteiger partial charge in [-0.15, -0.1) is 0 Å². The predicted octanol–water partition coefficient (Wildman–Crippen LogP) is 2.83. The number of hydrogen-bond donors (Lipinski definition) is 3. The van der Waals surface area contributed by atoms with Crippen LogP contribution >= 0.6 is 0 Å². The largest absolute Gasteiger partial charge is 0.493 e. The van der Waals surface area contributed by atoms with Gasteiger partial charge in [-0.3, -0.25) is 4.79 Å². The molecule has 0 saturated carbocycles. The Kier molecular flexibility index (Phi) is 7.03.